The smallest absolute Gasteiger partial charge is 0.317 e. The Morgan fingerprint density at radius 2 is 1.76 bits per heavy atom. The van der Waals surface area contributed by atoms with Gasteiger partial charge in [0.2, 0.25) is 5.91 Å². The van der Waals surface area contributed by atoms with Gasteiger partial charge in [0, 0.05) is 33.1 Å². The zero-order valence-corrected chi connectivity index (χ0v) is 16.2. The van der Waals surface area contributed by atoms with E-state index in [1.54, 1.807) is 11.9 Å². The van der Waals surface area contributed by atoms with E-state index in [0.717, 1.165) is 18.4 Å². The topological polar surface area (TPSA) is 87.5 Å². The second kappa shape index (κ2) is 11.7. The SMILES string of the molecule is CCC(CC)(CN)NC(=O)CCNC(=O)N(C)Cc1ccccc1.Cl. The summed E-state index contributed by atoms with van der Waals surface area (Å²) in [5, 5.41) is 5.76. The molecule has 0 aromatic heterocycles. The second-order valence-electron chi connectivity index (χ2n) is 6.06. The highest BCUT2D eigenvalue weighted by Crippen LogP contribution is 2.13. The minimum Gasteiger partial charge on any atom is -0.349 e. The molecule has 0 radical (unpaired) electrons. The zero-order valence-electron chi connectivity index (χ0n) is 15.4. The summed E-state index contributed by atoms with van der Waals surface area (Å²) in [4.78, 5) is 25.7. The van der Waals surface area contributed by atoms with Gasteiger partial charge in [-0.1, -0.05) is 44.2 Å². The van der Waals surface area contributed by atoms with Crippen molar-refractivity contribution in [3.05, 3.63) is 35.9 Å². The first-order chi connectivity index (χ1) is 11.5. The maximum Gasteiger partial charge on any atom is 0.317 e. The van der Waals surface area contributed by atoms with E-state index in [-0.39, 0.29) is 36.3 Å². The van der Waals surface area contributed by atoms with Crippen LogP contribution in [0.25, 0.3) is 0 Å². The normalized spacial score (nSPS) is 10.6. The Bertz CT molecular complexity index is 513. The Morgan fingerprint density at radius 1 is 1.16 bits per heavy atom. The number of nitrogens with two attached hydrogens (primary N) is 1. The summed E-state index contributed by atoms with van der Waals surface area (Å²) in [6.07, 6.45) is 1.82. The van der Waals surface area contributed by atoms with Crippen LogP contribution < -0.4 is 16.4 Å². The summed E-state index contributed by atoms with van der Waals surface area (Å²) < 4.78 is 0. The molecule has 0 saturated carbocycles. The predicted molar refractivity (Wildman–Crippen MR) is 104 cm³/mol. The van der Waals surface area contributed by atoms with Crippen molar-refractivity contribution in [3.8, 4) is 0 Å². The van der Waals surface area contributed by atoms with E-state index in [1.165, 1.54) is 0 Å². The second-order valence-corrected chi connectivity index (χ2v) is 6.06. The molecule has 3 amide bonds. The molecular formula is C18H31ClN4O2. The van der Waals surface area contributed by atoms with Crippen LogP contribution in [-0.4, -0.2) is 42.5 Å². The van der Waals surface area contributed by atoms with Crippen molar-refractivity contribution < 1.29 is 9.59 Å². The van der Waals surface area contributed by atoms with Gasteiger partial charge in [-0.05, 0) is 18.4 Å². The molecule has 0 aliphatic rings. The van der Waals surface area contributed by atoms with Crippen LogP contribution in [0, 0.1) is 0 Å². The highest BCUT2D eigenvalue weighted by Gasteiger charge is 2.25. The molecule has 7 heteroatoms. The van der Waals surface area contributed by atoms with E-state index in [0.29, 0.717) is 19.6 Å². The third-order valence-electron chi connectivity index (χ3n) is 4.39. The first kappa shape index (κ1) is 23.2. The number of hydrogen-bond acceptors (Lipinski definition) is 3. The fourth-order valence-electron chi connectivity index (χ4n) is 2.47. The Labute approximate surface area is 156 Å². The van der Waals surface area contributed by atoms with Crippen molar-refractivity contribution >= 4 is 24.3 Å². The molecule has 0 unspecified atom stereocenters. The van der Waals surface area contributed by atoms with E-state index in [9.17, 15) is 9.59 Å². The van der Waals surface area contributed by atoms with Crippen LogP contribution in [0.2, 0.25) is 0 Å². The average molecular weight is 371 g/mol. The van der Waals surface area contributed by atoms with Gasteiger partial charge in [0.15, 0.2) is 0 Å². The molecule has 0 bridgehead atoms. The summed E-state index contributed by atoms with van der Waals surface area (Å²) in [6.45, 7) is 5.27. The summed E-state index contributed by atoms with van der Waals surface area (Å²) in [5.41, 5.74) is 6.50. The Balaban J connectivity index is 0.00000576. The monoisotopic (exact) mass is 370 g/mol. The van der Waals surface area contributed by atoms with Gasteiger partial charge in [-0.2, -0.15) is 0 Å². The lowest BCUT2D eigenvalue weighted by atomic mass is 9.93. The van der Waals surface area contributed by atoms with Gasteiger partial charge in [0.05, 0.1) is 5.54 Å². The molecule has 0 aliphatic carbocycles. The molecule has 0 spiro atoms. The number of hydrogen-bond donors (Lipinski definition) is 3. The maximum atomic E-state index is 12.0. The molecule has 142 valence electrons. The minimum absolute atomic E-state index is 0. The van der Waals surface area contributed by atoms with Crippen molar-refractivity contribution in [1.82, 2.24) is 15.5 Å². The quantitative estimate of drug-likeness (QED) is 0.623. The van der Waals surface area contributed by atoms with E-state index in [1.807, 2.05) is 44.2 Å². The number of benzene rings is 1. The molecule has 0 aliphatic heterocycles. The molecule has 0 atom stereocenters. The average Bonchev–Trinajstić information content (AvgIpc) is 2.60. The van der Waals surface area contributed by atoms with Crippen LogP contribution >= 0.6 is 12.4 Å². The number of rotatable bonds is 9. The van der Waals surface area contributed by atoms with E-state index in [4.69, 9.17) is 5.73 Å². The summed E-state index contributed by atoms with van der Waals surface area (Å²) >= 11 is 0. The van der Waals surface area contributed by atoms with E-state index >= 15 is 0 Å². The van der Waals surface area contributed by atoms with Crippen LogP contribution in [0.1, 0.15) is 38.7 Å². The summed E-state index contributed by atoms with van der Waals surface area (Å²) in [5.74, 6) is -0.0878. The minimum atomic E-state index is -0.342. The number of halogens is 1. The highest BCUT2D eigenvalue weighted by atomic mass is 35.5. The fraction of sp³-hybridized carbons (Fsp3) is 0.556. The van der Waals surface area contributed by atoms with Crippen molar-refractivity contribution in [2.75, 3.05) is 20.1 Å². The standard InChI is InChI=1S/C18H30N4O2.ClH/c1-4-18(5-2,14-19)21-16(23)11-12-20-17(24)22(3)13-15-9-7-6-8-10-15;/h6-10H,4-5,11-14,19H2,1-3H3,(H,20,24)(H,21,23);1H. The van der Waals surface area contributed by atoms with Crippen LogP contribution in [0.5, 0.6) is 0 Å². The van der Waals surface area contributed by atoms with E-state index < -0.39 is 0 Å². The third-order valence-corrected chi connectivity index (χ3v) is 4.39. The van der Waals surface area contributed by atoms with Gasteiger partial charge < -0.3 is 21.3 Å². The largest absolute Gasteiger partial charge is 0.349 e. The van der Waals surface area contributed by atoms with Gasteiger partial charge in [-0.15, -0.1) is 12.4 Å². The molecule has 4 N–H and O–H groups in total. The predicted octanol–water partition coefficient (Wildman–Crippen LogP) is 2.27. The fourth-order valence-corrected chi connectivity index (χ4v) is 2.47. The van der Waals surface area contributed by atoms with Crippen molar-refractivity contribution in [2.45, 2.75) is 45.2 Å². The lowest BCUT2D eigenvalue weighted by Crippen LogP contribution is -2.53. The molecule has 1 aromatic rings. The van der Waals surface area contributed by atoms with Crippen LogP contribution in [0.15, 0.2) is 30.3 Å². The van der Waals surface area contributed by atoms with Gasteiger partial charge in [0.25, 0.3) is 0 Å². The number of nitrogens with one attached hydrogen (secondary N) is 2. The maximum absolute atomic E-state index is 12.0. The molecular weight excluding hydrogens is 340 g/mol. The molecule has 6 nitrogen and oxygen atoms in total. The van der Waals surface area contributed by atoms with Gasteiger partial charge in [0.1, 0.15) is 0 Å². The zero-order chi connectivity index (χ0) is 18.0. The molecule has 0 saturated heterocycles. The number of nitrogens with zero attached hydrogens (tertiary/aromatic N) is 1. The molecule has 1 rings (SSSR count). The lowest BCUT2D eigenvalue weighted by molar-refractivity contribution is -0.122. The van der Waals surface area contributed by atoms with Crippen LogP contribution in [-0.2, 0) is 11.3 Å². The Hall–Kier alpha value is -1.79. The number of urea groups is 1. The first-order valence-corrected chi connectivity index (χ1v) is 8.50. The number of amides is 3. The molecule has 0 heterocycles. The first-order valence-electron chi connectivity index (χ1n) is 8.50. The summed E-state index contributed by atoms with van der Waals surface area (Å²) in [7, 11) is 1.73. The molecule has 25 heavy (non-hydrogen) atoms. The Kier molecular flexibility index (Phi) is 10.9. The summed E-state index contributed by atoms with van der Waals surface area (Å²) in [6, 6.07) is 9.57. The number of carbonyl (C=O) groups excluding carboxylic acids is 2. The highest BCUT2D eigenvalue weighted by molar-refractivity contribution is 5.85. The van der Waals surface area contributed by atoms with Crippen LogP contribution in [0.4, 0.5) is 4.79 Å². The van der Waals surface area contributed by atoms with Crippen molar-refractivity contribution in [2.24, 2.45) is 5.73 Å². The molecule has 1 aromatic carbocycles. The van der Waals surface area contributed by atoms with Gasteiger partial charge in [-0.25, -0.2) is 4.79 Å². The lowest BCUT2D eigenvalue weighted by Gasteiger charge is -2.31. The van der Waals surface area contributed by atoms with Gasteiger partial charge >= 0.3 is 6.03 Å². The third kappa shape index (κ3) is 7.75. The van der Waals surface area contributed by atoms with Gasteiger partial charge in [-0.3, -0.25) is 4.79 Å². The van der Waals surface area contributed by atoms with Crippen LogP contribution in [0.3, 0.4) is 0 Å². The Morgan fingerprint density at radius 3 is 2.28 bits per heavy atom. The van der Waals surface area contributed by atoms with Crippen molar-refractivity contribution in [3.63, 3.8) is 0 Å². The molecule has 0 fully saturated rings. The number of carbonyl (C=O) groups is 2. The van der Waals surface area contributed by atoms with E-state index in [2.05, 4.69) is 10.6 Å². The van der Waals surface area contributed by atoms with Crippen molar-refractivity contribution in [1.29, 1.82) is 0 Å².